The first kappa shape index (κ1) is 14.3. The van der Waals surface area contributed by atoms with Crippen molar-refractivity contribution in [1.29, 1.82) is 0 Å². The van der Waals surface area contributed by atoms with Gasteiger partial charge in [-0.05, 0) is 36.8 Å². The van der Waals surface area contributed by atoms with E-state index >= 15 is 0 Å². The van der Waals surface area contributed by atoms with E-state index in [1.807, 2.05) is 6.92 Å². The van der Waals surface area contributed by atoms with E-state index in [9.17, 15) is 0 Å². The summed E-state index contributed by atoms with van der Waals surface area (Å²) in [4.78, 5) is 0. The molecule has 0 amide bonds. The van der Waals surface area contributed by atoms with Gasteiger partial charge in [0.15, 0.2) is 0 Å². The van der Waals surface area contributed by atoms with Gasteiger partial charge in [0.2, 0.25) is 0 Å². The van der Waals surface area contributed by atoms with Gasteiger partial charge in [0.1, 0.15) is 11.5 Å². The second kappa shape index (κ2) is 5.72. The molecule has 19 heavy (non-hydrogen) atoms. The van der Waals surface area contributed by atoms with E-state index in [0.717, 1.165) is 5.56 Å². The van der Waals surface area contributed by atoms with Gasteiger partial charge in [-0.1, -0.05) is 0 Å². The first-order valence-corrected chi connectivity index (χ1v) is 5.49. The summed E-state index contributed by atoms with van der Waals surface area (Å²) in [5.41, 5.74) is 24.2. The number of phenols is 2. The molecule has 0 aliphatic rings. The Labute approximate surface area is 111 Å². The number of nitrogens with two attached hydrogens (primary N) is 4. The van der Waals surface area contributed by atoms with Crippen LogP contribution in [0.15, 0.2) is 30.3 Å². The zero-order valence-corrected chi connectivity index (χ0v) is 10.6. The molecule has 0 aromatic heterocycles. The number of anilines is 4. The minimum Gasteiger partial charge on any atom is -0.508 e. The summed E-state index contributed by atoms with van der Waals surface area (Å²) < 4.78 is 0. The van der Waals surface area contributed by atoms with Crippen molar-refractivity contribution in [1.82, 2.24) is 0 Å². The first-order valence-electron chi connectivity index (χ1n) is 5.49. The molecule has 0 saturated carbocycles. The van der Waals surface area contributed by atoms with Gasteiger partial charge in [0.05, 0.1) is 17.1 Å². The van der Waals surface area contributed by atoms with Gasteiger partial charge in [-0.25, -0.2) is 0 Å². The summed E-state index contributed by atoms with van der Waals surface area (Å²) in [6.45, 7) is 1.81. The van der Waals surface area contributed by atoms with Crippen LogP contribution >= 0.6 is 0 Å². The van der Waals surface area contributed by atoms with Crippen molar-refractivity contribution in [2.45, 2.75) is 6.92 Å². The fourth-order valence-electron chi connectivity index (χ4n) is 1.29. The molecule has 2 rings (SSSR count). The third-order valence-electron chi connectivity index (χ3n) is 2.49. The lowest BCUT2D eigenvalue weighted by Crippen LogP contribution is -1.92. The Morgan fingerprint density at radius 3 is 1.84 bits per heavy atom. The minimum atomic E-state index is 0.0895. The average molecular weight is 262 g/mol. The zero-order valence-electron chi connectivity index (χ0n) is 10.6. The van der Waals surface area contributed by atoms with E-state index in [1.54, 1.807) is 18.2 Å². The number of aryl methyl sites for hydroxylation is 1. The molecule has 0 bridgehead atoms. The topological polar surface area (TPSA) is 145 Å². The molecule has 0 spiro atoms. The van der Waals surface area contributed by atoms with Crippen molar-refractivity contribution in [2.24, 2.45) is 0 Å². The molecule has 0 radical (unpaired) electrons. The molecule has 2 aromatic carbocycles. The van der Waals surface area contributed by atoms with Crippen LogP contribution in [0.4, 0.5) is 22.7 Å². The number of hydrogen-bond donors (Lipinski definition) is 6. The maximum absolute atomic E-state index is 9.04. The van der Waals surface area contributed by atoms with Crippen LogP contribution in [-0.2, 0) is 0 Å². The molecule has 6 heteroatoms. The Bertz CT molecular complexity index is 535. The second-order valence-corrected chi connectivity index (χ2v) is 4.08. The number of benzene rings is 2. The fourth-order valence-corrected chi connectivity index (χ4v) is 1.29. The number of rotatable bonds is 0. The lowest BCUT2D eigenvalue weighted by molar-refractivity contribution is 0.475. The molecule has 0 atom stereocenters. The van der Waals surface area contributed by atoms with Crippen LogP contribution in [0.5, 0.6) is 11.5 Å². The highest BCUT2D eigenvalue weighted by Crippen LogP contribution is 2.25. The van der Waals surface area contributed by atoms with Crippen molar-refractivity contribution in [3.05, 3.63) is 35.9 Å². The van der Waals surface area contributed by atoms with Crippen molar-refractivity contribution in [3.8, 4) is 11.5 Å². The summed E-state index contributed by atoms with van der Waals surface area (Å²) in [5, 5.41) is 17.8. The van der Waals surface area contributed by atoms with E-state index in [0.29, 0.717) is 22.7 Å². The highest BCUT2D eigenvalue weighted by molar-refractivity contribution is 5.65. The maximum atomic E-state index is 9.04. The van der Waals surface area contributed by atoms with Crippen LogP contribution in [0.3, 0.4) is 0 Å². The van der Waals surface area contributed by atoms with Gasteiger partial charge in [-0.3, -0.25) is 0 Å². The van der Waals surface area contributed by atoms with Gasteiger partial charge in [-0.15, -0.1) is 0 Å². The van der Waals surface area contributed by atoms with Gasteiger partial charge in [-0.2, -0.15) is 0 Å². The second-order valence-electron chi connectivity index (χ2n) is 4.08. The van der Waals surface area contributed by atoms with Crippen molar-refractivity contribution in [3.63, 3.8) is 0 Å². The molecule has 0 fully saturated rings. The van der Waals surface area contributed by atoms with Crippen LogP contribution in [0.1, 0.15) is 5.56 Å². The Balaban J connectivity index is 0.000000191. The first-order chi connectivity index (χ1) is 8.81. The van der Waals surface area contributed by atoms with E-state index in [-0.39, 0.29) is 11.5 Å². The number of hydrogen-bond acceptors (Lipinski definition) is 6. The smallest absolute Gasteiger partial charge is 0.138 e. The van der Waals surface area contributed by atoms with Crippen LogP contribution in [0.25, 0.3) is 0 Å². The van der Waals surface area contributed by atoms with Crippen LogP contribution in [-0.4, -0.2) is 10.2 Å². The molecule has 2 aromatic rings. The zero-order chi connectivity index (χ0) is 14.6. The molecular formula is C13H18N4O2. The third-order valence-corrected chi connectivity index (χ3v) is 2.49. The lowest BCUT2D eigenvalue weighted by atomic mass is 10.2. The Morgan fingerprint density at radius 2 is 1.37 bits per heavy atom. The summed E-state index contributed by atoms with van der Waals surface area (Å²) in [5.74, 6) is 0.230. The number of aromatic hydroxyl groups is 2. The van der Waals surface area contributed by atoms with E-state index in [2.05, 4.69) is 0 Å². The molecule has 0 aliphatic carbocycles. The van der Waals surface area contributed by atoms with E-state index < -0.39 is 0 Å². The quantitative estimate of drug-likeness (QED) is 0.240. The maximum Gasteiger partial charge on any atom is 0.138 e. The molecule has 0 aliphatic heterocycles. The minimum absolute atomic E-state index is 0.0895. The summed E-state index contributed by atoms with van der Waals surface area (Å²) >= 11 is 0. The van der Waals surface area contributed by atoms with Crippen molar-refractivity contribution >= 4 is 22.7 Å². The van der Waals surface area contributed by atoms with E-state index in [1.165, 1.54) is 12.1 Å². The van der Waals surface area contributed by atoms with Gasteiger partial charge in [0.25, 0.3) is 0 Å². The van der Waals surface area contributed by atoms with Crippen LogP contribution in [0.2, 0.25) is 0 Å². The third kappa shape index (κ3) is 3.88. The summed E-state index contributed by atoms with van der Waals surface area (Å²) in [7, 11) is 0. The fraction of sp³-hybridized carbons (Fsp3) is 0.0769. The Morgan fingerprint density at radius 1 is 0.737 bits per heavy atom. The Hall–Kier alpha value is -2.76. The predicted octanol–water partition coefficient (Wildman–Crippen LogP) is 1.42. The van der Waals surface area contributed by atoms with Crippen LogP contribution in [0, 0.1) is 6.92 Å². The van der Waals surface area contributed by atoms with Gasteiger partial charge < -0.3 is 33.1 Å². The normalized spacial score (nSPS) is 9.53. The monoisotopic (exact) mass is 262 g/mol. The van der Waals surface area contributed by atoms with E-state index in [4.69, 9.17) is 33.1 Å². The number of phenolic OH excluding ortho intramolecular Hbond substituents is 2. The summed E-state index contributed by atoms with van der Waals surface area (Å²) in [6, 6.07) is 7.56. The molecule has 102 valence electrons. The SMILES string of the molecule is Cc1cc(O)c(N)cc1N.Nc1ccc(O)cc1N. The molecule has 10 N–H and O–H groups in total. The van der Waals surface area contributed by atoms with Crippen LogP contribution < -0.4 is 22.9 Å². The van der Waals surface area contributed by atoms with Gasteiger partial charge >= 0.3 is 0 Å². The Kier molecular flexibility index (Phi) is 4.31. The molecule has 6 nitrogen and oxygen atoms in total. The van der Waals surface area contributed by atoms with Gasteiger partial charge in [0, 0.05) is 11.8 Å². The largest absolute Gasteiger partial charge is 0.508 e. The summed E-state index contributed by atoms with van der Waals surface area (Å²) in [6.07, 6.45) is 0. The standard InChI is InChI=1S/C7H10N2O.C6H8N2O/c1-4-2-7(10)6(9)3-5(4)8;7-5-2-1-4(9)3-6(5)8/h2-3,10H,8-9H2,1H3;1-3,9H,7-8H2. The highest BCUT2D eigenvalue weighted by atomic mass is 16.3. The van der Waals surface area contributed by atoms with Crippen molar-refractivity contribution in [2.75, 3.05) is 22.9 Å². The predicted molar refractivity (Wildman–Crippen MR) is 78.6 cm³/mol. The number of nitrogen functional groups attached to an aromatic ring is 4. The molecule has 0 saturated heterocycles. The highest BCUT2D eigenvalue weighted by Gasteiger charge is 1.99. The van der Waals surface area contributed by atoms with Crippen molar-refractivity contribution < 1.29 is 10.2 Å². The molecule has 0 heterocycles. The molecule has 0 unspecified atom stereocenters. The average Bonchev–Trinajstić information content (AvgIpc) is 2.33. The molecular weight excluding hydrogens is 244 g/mol. The lowest BCUT2D eigenvalue weighted by Gasteiger charge is -2.02.